The normalized spacial score (nSPS) is 14.0. The van der Waals surface area contributed by atoms with Crippen molar-refractivity contribution in [1.29, 1.82) is 5.41 Å². The number of nitrogens with two attached hydrogens (primary N) is 1. The van der Waals surface area contributed by atoms with E-state index in [-0.39, 0.29) is 18.4 Å². The van der Waals surface area contributed by atoms with Crippen LogP contribution in [0.5, 0.6) is 0 Å². The fourth-order valence-corrected chi connectivity index (χ4v) is 3.27. The van der Waals surface area contributed by atoms with Crippen molar-refractivity contribution in [1.82, 2.24) is 10.4 Å². The predicted octanol–water partition coefficient (Wildman–Crippen LogP) is 3.66. The molecule has 0 spiro atoms. The molecule has 0 aliphatic carbocycles. The molecule has 0 aromatic heterocycles. The van der Waals surface area contributed by atoms with E-state index in [1.165, 1.54) is 37.2 Å². The Balaban J connectivity index is 0. The van der Waals surface area contributed by atoms with Gasteiger partial charge in [-0.05, 0) is 32.6 Å². The van der Waals surface area contributed by atoms with Gasteiger partial charge in [-0.15, -0.1) is 12.4 Å². The van der Waals surface area contributed by atoms with Crippen LogP contribution < -0.4 is 11.1 Å². The van der Waals surface area contributed by atoms with Crippen LogP contribution in [0.2, 0.25) is 0 Å². The summed E-state index contributed by atoms with van der Waals surface area (Å²) in [5.41, 5.74) is 5.26. The first-order valence-corrected chi connectivity index (χ1v) is 11.3. The lowest BCUT2D eigenvalue weighted by molar-refractivity contribution is -0.245. The van der Waals surface area contributed by atoms with Crippen molar-refractivity contribution in [3.63, 3.8) is 0 Å². The minimum absolute atomic E-state index is 0. The zero-order valence-electron chi connectivity index (χ0n) is 19.1. The minimum atomic E-state index is -0.943. The molecule has 0 radical (unpaired) electrons. The van der Waals surface area contributed by atoms with Crippen LogP contribution in [-0.4, -0.2) is 58.5 Å². The highest BCUT2D eigenvalue weighted by molar-refractivity contribution is 5.85. The Kier molecular flexibility index (Phi) is 20.6. The largest absolute Gasteiger partial charge is 0.480 e. The van der Waals surface area contributed by atoms with Gasteiger partial charge in [0.2, 0.25) is 0 Å². The van der Waals surface area contributed by atoms with Gasteiger partial charge in [0, 0.05) is 13.1 Å². The van der Waals surface area contributed by atoms with Crippen molar-refractivity contribution >= 4 is 24.3 Å². The number of hydrogen-bond acceptors (Lipinski definition) is 5. The van der Waals surface area contributed by atoms with Gasteiger partial charge < -0.3 is 21.3 Å². The highest BCUT2D eigenvalue weighted by Gasteiger charge is 2.29. The molecular formula is C21H45ClN4O4. The van der Waals surface area contributed by atoms with Crippen LogP contribution in [0, 0.1) is 5.41 Å². The number of aliphatic carboxylic acids is 1. The number of halogens is 1. The van der Waals surface area contributed by atoms with E-state index in [1.54, 1.807) is 6.92 Å². The van der Waals surface area contributed by atoms with Gasteiger partial charge in [0.1, 0.15) is 12.1 Å². The number of nitrogens with zero attached hydrogens (tertiary/aromatic N) is 1. The zero-order valence-corrected chi connectivity index (χ0v) is 19.9. The van der Waals surface area contributed by atoms with Gasteiger partial charge in [0.15, 0.2) is 5.96 Å². The molecule has 0 aromatic carbocycles. The number of guanidine groups is 1. The van der Waals surface area contributed by atoms with E-state index in [0.29, 0.717) is 32.4 Å². The molecule has 0 heterocycles. The first kappa shape index (κ1) is 31.1. The van der Waals surface area contributed by atoms with Crippen molar-refractivity contribution in [2.75, 3.05) is 13.1 Å². The molecule has 0 fully saturated rings. The SMILES string of the molecule is CCCCCCCCCC(ON(CCC)[C@@H](CCCNC(=N)N)C(=O)O)C(C)O.Cl. The third-order valence-corrected chi connectivity index (χ3v) is 4.95. The number of aliphatic hydroxyl groups excluding tert-OH is 1. The second-order valence-electron chi connectivity index (χ2n) is 7.77. The Morgan fingerprint density at radius 3 is 2.17 bits per heavy atom. The van der Waals surface area contributed by atoms with E-state index in [9.17, 15) is 15.0 Å². The fourth-order valence-electron chi connectivity index (χ4n) is 3.27. The molecule has 180 valence electrons. The number of hydrogen-bond donors (Lipinski definition) is 5. The lowest BCUT2D eigenvalue weighted by atomic mass is 10.0. The van der Waals surface area contributed by atoms with Crippen molar-refractivity contribution < 1.29 is 19.8 Å². The molecule has 0 aromatic rings. The maximum absolute atomic E-state index is 11.8. The summed E-state index contributed by atoms with van der Waals surface area (Å²) in [6, 6.07) is -0.793. The second-order valence-corrected chi connectivity index (χ2v) is 7.77. The lowest BCUT2D eigenvalue weighted by Crippen LogP contribution is -2.46. The minimum Gasteiger partial charge on any atom is -0.480 e. The number of carboxylic acid groups (broad SMARTS) is 1. The molecule has 6 N–H and O–H groups in total. The molecule has 0 bridgehead atoms. The predicted molar refractivity (Wildman–Crippen MR) is 124 cm³/mol. The number of rotatable bonds is 19. The standard InChI is InChI=1S/C21H44N4O4.ClH/c1-4-6-7-8-9-10-11-14-19(17(3)26)29-25(16-5-2)18(20(27)28)13-12-15-24-21(22)23;/h17-19,26H,4-16H2,1-3H3,(H,27,28)(H4,22,23,24);1H/t17?,18-,19?;/m0./s1. The molecule has 0 saturated heterocycles. The average Bonchev–Trinajstić information content (AvgIpc) is 2.65. The van der Waals surface area contributed by atoms with Crippen LogP contribution in [0.3, 0.4) is 0 Å². The van der Waals surface area contributed by atoms with Crippen LogP contribution >= 0.6 is 12.4 Å². The summed E-state index contributed by atoms with van der Waals surface area (Å²) in [7, 11) is 0. The number of aliphatic hydroxyl groups is 1. The molecule has 0 saturated carbocycles. The van der Waals surface area contributed by atoms with Crippen LogP contribution in [-0.2, 0) is 9.63 Å². The summed E-state index contributed by atoms with van der Waals surface area (Å²) < 4.78 is 0. The van der Waals surface area contributed by atoms with Crippen LogP contribution in [0.1, 0.15) is 91.4 Å². The summed E-state index contributed by atoms with van der Waals surface area (Å²) in [5, 5.41) is 31.2. The van der Waals surface area contributed by atoms with Gasteiger partial charge in [-0.2, -0.15) is 5.06 Å². The van der Waals surface area contributed by atoms with E-state index < -0.39 is 24.2 Å². The quantitative estimate of drug-likeness (QED) is 0.0873. The average molecular weight is 453 g/mol. The summed E-state index contributed by atoms with van der Waals surface area (Å²) in [4.78, 5) is 17.8. The number of carbonyl (C=O) groups is 1. The zero-order chi connectivity index (χ0) is 22.1. The third-order valence-electron chi connectivity index (χ3n) is 4.95. The van der Waals surface area contributed by atoms with E-state index in [0.717, 1.165) is 19.3 Å². The highest BCUT2D eigenvalue weighted by atomic mass is 35.5. The Labute approximate surface area is 188 Å². The van der Waals surface area contributed by atoms with Crippen molar-refractivity contribution in [2.45, 2.75) is 110 Å². The summed E-state index contributed by atoms with van der Waals surface area (Å²) in [6.45, 7) is 6.80. The molecule has 30 heavy (non-hydrogen) atoms. The first-order chi connectivity index (χ1) is 13.8. The topological polar surface area (TPSA) is 132 Å². The Morgan fingerprint density at radius 2 is 1.67 bits per heavy atom. The van der Waals surface area contributed by atoms with Gasteiger partial charge >= 0.3 is 5.97 Å². The monoisotopic (exact) mass is 452 g/mol. The summed E-state index contributed by atoms with van der Waals surface area (Å²) in [5.74, 6) is -1.07. The Bertz CT molecular complexity index is 441. The molecule has 3 atom stereocenters. The smallest absolute Gasteiger partial charge is 0.323 e. The van der Waals surface area contributed by atoms with Crippen LogP contribution in [0.25, 0.3) is 0 Å². The molecule has 0 aliphatic rings. The van der Waals surface area contributed by atoms with Gasteiger partial charge in [-0.25, -0.2) is 0 Å². The molecule has 8 nitrogen and oxygen atoms in total. The first-order valence-electron chi connectivity index (χ1n) is 11.3. The number of hydroxylamine groups is 2. The number of unbranched alkanes of at least 4 members (excludes halogenated alkanes) is 6. The molecule has 2 unspecified atom stereocenters. The highest BCUT2D eigenvalue weighted by Crippen LogP contribution is 2.18. The van der Waals surface area contributed by atoms with E-state index in [4.69, 9.17) is 16.0 Å². The van der Waals surface area contributed by atoms with Crippen LogP contribution in [0.4, 0.5) is 0 Å². The van der Waals surface area contributed by atoms with Crippen molar-refractivity contribution in [3.05, 3.63) is 0 Å². The van der Waals surface area contributed by atoms with Gasteiger partial charge in [-0.1, -0.05) is 58.8 Å². The third kappa shape index (κ3) is 15.7. The van der Waals surface area contributed by atoms with Gasteiger partial charge in [-0.3, -0.25) is 15.0 Å². The Morgan fingerprint density at radius 1 is 1.07 bits per heavy atom. The summed E-state index contributed by atoms with van der Waals surface area (Å²) >= 11 is 0. The fraction of sp³-hybridized carbons (Fsp3) is 0.905. The van der Waals surface area contributed by atoms with Crippen molar-refractivity contribution in [2.24, 2.45) is 5.73 Å². The van der Waals surface area contributed by atoms with E-state index in [2.05, 4.69) is 12.2 Å². The second kappa shape index (κ2) is 19.8. The van der Waals surface area contributed by atoms with Crippen LogP contribution in [0.15, 0.2) is 0 Å². The van der Waals surface area contributed by atoms with E-state index in [1.807, 2.05) is 6.92 Å². The maximum Gasteiger partial charge on any atom is 0.323 e. The molecule has 0 rings (SSSR count). The lowest BCUT2D eigenvalue weighted by Gasteiger charge is -2.33. The molecule has 9 heteroatoms. The van der Waals surface area contributed by atoms with E-state index >= 15 is 0 Å². The maximum atomic E-state index is 11.8. The van der Waals surface area contributed by atoms with Gasteiger partial charge in [0.25, 0.3) is 0 Å². The molecule has 0 aliphatic heterocycles. The summed E-state index contributed by atoms with van der Waals surface area (Å²) in [6.07, 6.45) is 9.60. The van der Waals surface area contributed by atoms with Crippen molar-refractivity contribution in [3.8, 4) is 0 Å². The Hall–Kier alpha value is -1.09. The molecular weight excluding hydrogens is 408 g/mol. The molecule has 0 amide bonds. The number of nitrogens with one attached hydrogen (secondary N) is 2. The number of carboxylic acids is 1. The van der Waals surface area contributed by atoms with Gasteiger partial charge in [0.05, 0.1) is 6.10 Å².